The van der Waals surface area contributed by atoms with Crippen LogP contribution in [0.1, 0.15) is 25.7 Å². The van der Waals surface area contributed by atoms with E-state index >= 15 is 0 Å². The highest BCUT2D eigenvalue weighted by molar-refractivity contribution is 4.80. The highest BCUT2D eigenvalue weighted by Gasteiger charge is 2.27. The smallest absolute Gasteiger partial charge is 0.0474 e. The lowest BCUT2D eigenvalue weighted by Gasteiger charge is -2.35. The molecule has 1 N–H and O–H groups in total. The van der Waals surface area contributed by atoms with Crippen LogP contribution in [0.15, 0.2) is 0 Å². The third-order valence-electron chi connectivity index (χ3n) is 4.36. The summed E-state index contributed by atoms with van der Waals surface area (Å²) in [4.78, 5) is 4.94. The lowest BCUT2D eigenvalue weighted by molar-refractivity contribution is 0.0922. The topological polar surface area (TPSA) is 26.7 Å². The molecule has 0 amide bonds. The number of likely N-dealkylation sites (tertiary alicyclic amines) is 2. The molecule has 3 heteroatoms. The van der Waals surface area contributed by atoms with Crippen molar-refractivity contribution >= 4 is 0 Å². The fourth-order valence-corrected chi connectivity index (χ4v) is 3.15. The largest absolute Gasteiger partial charge is 0.396 e. The highest BCUT2D eigenvalue weighted by atomic mass is 16.3. The predicted octanol–water partition coefficient (Wildman–Crippen LogP) is 1.03. The summed E-state index contributed by atoms with van der Waals surface area (Å²) in [5, 5.41) is 9.56. The molecule has 2 fully saturated rings. The zero-order chi connectivity index (χ0) is 11.4. The molecule has 2 heterocycles. The molecule has 2 aliphatic rings. The van der Waals surface area contributed by atoms with Gasteiger partial charge in [0.15, 0.2) is 0 Å². The summed E-state index contributed by atoms with van der Waals surface area (Å²) in [6, 6.07) is 0. The number of nitrogens with zero attached hydrogens (tertiary/aromatic N) is 2. The van der Waals surface area contributed by atoms with Crippen LogP contribution in [-0.4, -0.2) is 61.3 Å². The Kier molecular flexibility index (Phi) is 4.62. The first kappa shape index (κ1) is 12.3. The van der Waals surface area contributed by atoms with Crippen LogP contribution in [-0.2, 0) is 0 Å². The third kappa shape index (κ3) is 3.19. The summed E-state index contributed by atoms with van der Waals surface area (Å²) >= 11 is 0. The van der Waals surface area contributed by atoms with E-state index < -0.39 is 0 Å². The molecule has 0 aliphatic carbocycles. The molecule has 3 nitrogen and oxygen atoms in total. The number of hydrogen-bond donors (Lipinski definition) is 1. The molecule has 0 aromatic rings. The van der Waals surface area contributed by atoms with E-state index in [0.717, 1.165) is 12.5 Å². The maximum Gasteiger partial charge on any atom is 0.0474 e. The first-order valence-corrected chi connectivity index (χ1v) is 6.81. The summed E-state index contributed by atoms with van der Waals surface area (Å²) in [7, 11) is 2.20. The first-order valence-electron chi connectivity index (χ1n) is 6.81. The summed E-state index contributed by atoms with van der Waals surface area (Å²) in [6.45, 7) is 6.43. The van der Waals surface area contributed by atoms with Gasteiger partial charge in [0.25, 0.3) is 0 Å². The van der Waals surface area contributed by atoms with Crippen LogP contribution < -0.4 is 0 Å². The van der Waals surface area contributed by atoms with Crippen LogP contribution in [0.25, 0.3) is 0 Å². The van der Waals surface area contributed by atoms with Crippen molar-refractivity contribution < 1.29 is 5.11 Å². The van der Waals surface area contributed by atoms with Crippen LogP contribution in [0.4, 0.5) is 0 Å². The monoisotopic (exact) mass is 226 g/mol. The quantitative estimate of drug-likeness (QED) is 0.776. The molecule has 2 saturated heterocycles. The van der Waals surface area contributed by atoms with Crippen LogP contribution in [0.3, 0.4) is 0 Å². The van der Waals surface area contributed by atoms with Crippen molar-refractivity contribution in [3.05, 3.63) is 0 Å². The molecule has 0 bridgehead atoms. The molecule has 0 radical (unpaired) electrons. The maximum atomic E-state index is 9.56. The van der Waals surface area contributed by atoms with Gasteiger partial charge in [-0.15, -0.1) is 0 Å². The normalized spacial score (nSPS) is 27.4. The highest BCUT2D eigenvalue weighted by Crippen LogP contribution is 2.26. The van der Waals surface area contributed by atoms with E-state index in [1.54, 1.807) is 0 Å². The summed E-state index contributed by atoms with van der Waals surface area (Å²) in [5.41, 5.74) is 0. The number of aliphatic hydroxyl groups excluding tert-OH is 1. The van der Waals surface area contributed by atoms with Crippen LogP contribution in [0, 0.1) is 11.8 Å². The summed E-state index contributed by atoms with van der Waals surface area (Å²) in [6.07, 6.45) is 5.25. The molecule has 1 unspecified atom stereocenters. The minimum Gasteiger partial charge on any atom is -0.396 e. The number of hydrogen-bond acceptors (Lipinski definition) is 3. The number of aliphatic hydroxyl groups is 1. The molecule has 2 rings (SSSR count). The molecular formula is C13H26N2O. The molecule has 1 atom stereocenters. The third-order valence-corrected chi connectivity index (χ3v) is 4.36. The minimum atomic E-state index is 0.380. The van der Waals surface area contributed by atoms with Gasteiger partial charge in [-0.2, -0.15) is 0 Å². The van der Waals surface area contributed by atoms with Crippen molar-refractivity contribution in [2.45, 2.75) is 25.7 Å². The van der Waals surface area contributed by atoms with E-state index in [0.29, 0.717) is 12.5 Å². The van der Waals surface area contributed by atoms with Gasteiger partial charge in [0.05, 0.1) is 0 Å². The Morgan fingerprint density at radius 1 is 1.12 bits per heavy atom. The van der Waals surface area contributed by atoms with Gasteiger partial charge >= 0.3 is 0 Å². The summed E-state index contributed by atoms with van der Waals surface area (Å²) < 4.78 is 0. The Labute approximate surface area is 99.4 Å². The second kappa shape index (κ2) is 5.99. The van der Waals surface area contributed by atoms with E-state index in [1.165, 1.54) is 51.9 Å². The maximum absolute atomic E-state index is 9.56. The summed E-state index contributed by atoms with van der Waals surface area (Å²) in [5.74, 6) is 1.27. The van der Waals surface area contributed by atoms with Crippen LogP contribution >= 0.6 is 0 Å². The average molecular weight is 226 g/mol. The lowest BCUT2D eigenvalue weighted by atomic mass is 9.84. The van der Waals surface area contributed by atoms with Gasteiger partial charge in [0, 0.05) is 13.2 Å². The van der Waals surface area contributed by atoms with Crippen molar-refractivity contribution in [2.75, 3.05) is 46.4 Å². The molecule has 0 saturated carbocycles. The zero-order valence-corrected chi connectivity index (χ0v) is 10.6. The molecule has 94 valence electrons. The van der Waals surface area contributed by atoms with Gasteiger partial charge < -0.3 is 14.9 Å². The van der Waals surface area contributed by atoms with E-state index in [4.69, 9.17) is 0 Å². The molecule has 2 aliphatic heterocycles. The van der Waals surface area contributed by atoms with Crippen molar-refractivity contribution in [1.82, 2.24) is 9.80 Å². The predicted molar refractivity (Wildman–Crippen MR) is 66.5 cm³/mol. The van der Waals surface area contributed by atoms with Gasteiger partial charge in [-0.3, -0.25) is 0 Å². The van der Waals surface area contributed by atoms with Gasteiger partial charge in [0.1, 0.15) is 0 Å². The Morgan fingerprint density at radius 2 is 1.75 bits per heavy atom. The fourth-order valence-electron chi connectivity index (χ4n) is 3.15. The number of piperidine rings is 1. The second-order valence-electron chi connectivity index (χ2n) is 5.59. The molecule has 0 aromatic heterocycles. The van der Waals surface area contributed by atoms with Gasteiger partial charge in [0.2, 0.25) is 0 Å². The molecule has 0 aromatic carbocycles. The average Bonchev–Trinajstić information content (AvgIpc) is 2.80. The van der Waals surface area contributed by atoms with Crippen molar-refractivity contribution in [2.24, 2.45) is 11.8 Å². The first-order chi connectivity index (χ1) is 7.79. The van der Waals surface area contributed by atoms with Crippen molar-refractivity contribution in [1.29, 1.82) is 0 Å². The standard InChI is InChI=1S/C13H26N2O/c1-14-8-4-12(5-9-14)13(11-16)10-15-6-2-3-7-15/h12-13,16H,2-11H2,1H3. The SMILES string of the molecule is CN1CCC(C(CO)CN2CCCC2)CC1. The lowest BCUT2D eigenvalue weighted by Crippen LogP contribution is -2.39. The second-order valence-corrected chi connectivity index (χ2v) is 5.59. The Bertz CT molecular complexity index is 196. The molecule has 0 spiro atoms. The van der Waals surface area contributed by atoms with E-state index in [9.17, 15) is 5.11 Å². The van der Waals surface area contributed by atoms with Gasteiger partial charge in [-0.1, -0.05) is 0 Å². The van der Waals surface area contributed by atoms with Gasteiger partial charge in [-0.05, 0) is 70.7 Å². The van der Waals surface area contributed by atoms with Gasteiger partial charge in [-0.25, -0.2) is 0 Å². The van der Waals surface area contributed by atoms with E-state index in [2.05, 4.69) is 16.8 Å². The Balaban J connectivity index is 1.79. The fraction of sp³-hybridized carbons (Fsp3) is 1.00. The Morgan fingerprint density at radius 3 is 2.31 bits per heavy atom. The van der Waals surface area contributed by atoms with Crippen molar-refractivity contribution in [3.8, 4) is 0 Å². The van der Waals surface area contributed by atoms with E-state index in [-0.39, 0.29) is 0 Å². The molecule has 16 heavy (non-hydrogen) atoms. The van der Waals surface area contributed by atoms with E-state index in [1.807, 2.05) is 0 Å². The van der Waals surface area contributed by atoms with Crippen LogP contribution in [0.2, 0.25) is 0 Å². The van der Waals surface area contributed by atoms with Crippen LogP contribution in [0.5, 0.6) is 0 Å². The van der Waals surface area contributed by atoms with Crippen molar-refractivity contribution in [3.63, 3.8) is 0 Å². The Hall–Kier alpha value is -0.120. The molecular weight excluding hydrogens is 200 g/mol. The zero-order valence-electron chi connectivity index (χ0n) is 10.6. The number of rotatable bonds is 4. The minimum absolute atomic E-state index is 0.380.